The van der Waals surface area contributed by atoms with Crippen molar-refractivity contribution in [3.8, 4) is 39.5 Å². The van der Waals surface area contributed by atoms with Gasteiger partial charge in [0.25, 0.3) is 0 Å². The van der Waals surface area contributed by atoms with Crippen molar-refractivity contribution in [1.29, 1.82) is 0 Å². The smallest absolute Gasteiger partial charge is 0 e. The number of aromatic nitrogens is 3. The molecule has 0 saturated heterocycles. The van der Waals surface area contributed by atoms with Crippen LogP contribution < -0.4 is 4.40 Å². The van der Waals surface area contributed by atoms with Crippen LogP contribution >= 0.6 is 0 Å². The second kappa shape index (κ2) is 16.2. The van der Waals surface area contributed by atoms with Crippen molar-refractivity contribution in [1.82, 2.24) is 14.5 Å². The summed E-state index contributed by atoms with van der Waals surface area (Å²) < 4.78 is 34.4. The fraction of sp³-hybridized carbons (Fsp3) is 0.0741. The molecule has 4 nitrogen and oxygen atoms in total. The number of hydrogen-bond donors (Lipinski definition) is 0. The van der Waals surface area contributed by atoms with Crippen molar-refractivity contribution in [3.63, 3.8) is 0 Å². The number of imidazole rings is 1. The molecule has 0 N–H and O–H groups in total. The molecule has 0 aliphatic carbocycles. The van der Waals surface area contributed by atoms with Gasteiger partial charge in [-0.2, -0.15) is 0 Å². The Morgan fingerprint density at radius 3 is 2.23 bits per heavy atom. The summed E-state index contributed by atoms with van der Waals surface area (Å²) >= 11 is -1.72. The number of rotatable bonds is 5. The molecule has 8 aromatic carbocycles. The van der Waals surface area contributed by atoms with Crippen molar-refractivity contribution in [2.45, 2.75) is 24.1 Å². The number of aryl methyl sites for hydroxylation is 1. The van der Waals surface area contributed by atoms with Crippen LogP contribution in [-0.4, -0.2) is 27.8 Å². The van der Waals surface area contributed by atoms with E-state index in [2.05, 4.69) is 106 Å². The van der Waals surface area contributed by atoms with E-state index in [1.54, 1.807) is 6.07 Å². The molecule has 0 aliphatic heterocycles. The van der Waals surface area contributed by atoms with E-state index in [0.717, 1.165) is 88.4 Å². The number of nitrogens with zero attached hydrogens (tertiary/aromatic N) is 3. The third-order valence-corrected chi connectivity index (χ3v) is 15.3. The maximum atomic E-state index is 8.05. The van der Waals surface area contributed by atoms with Gasteiger partial charge in [0.1, 0.15) is 5.58 Å². The summed E-state index contributed by atoms with van der Waals surface area (Å²) in [5, 5.41) is 5.86. The van der Waals surface area contributed by atoms with Gasteiger partial charge in [0.05, 0.1) is 22.4 Å². The predicted octanol–water partition coefficient (Wildman–Crippen LogP) is 13.8. The molecular formula is C54H41GeIrN3O-2. The summed E-state index contributed by atoms with van der Waals surface area (Å²) in [4.78, 5) is 9.67. The first-order valence-electron chi connectivity index (χ1n) is 21.3. The zero-order valence-electron chi connectivity index (χ0n) is 36.3. The van der Waals surface area contributed by atoms with E-state index in [4.69, 9.17) is 13.5 Å². The van der Waals surface area contributed by atoms with Gasteiger partial charge >= 0.3 is 99.8 Å². The first-order valence-corrected chi connectivity index (χ1v) is 27.2. The van der Waals surface area contributed by atoms with Crippen LogP contribution in [0.15, 0.2) is 180 Å². The first kappa shape index (κ1) is 35.8. The van der Waals surface area contributed by atoms with E-state index in [1.165, 1.54) is 4.40 Å². The van der Waals surface area contributed by atoms with Crippen molar-refractivity contribution in [2.24, 2.45) is 0 Å². The van der Waals surface area contributed by atoms with Crippen molar-refractivity contribution >= 4 is 72.2 Å². The van der Waals surface area contributed by atoms with Crippen LogP contribution in [0.3, 0.4) is 0 Å². The molecule has 0 aliphatic rings. The number of furan rings is 1. The van der Waals surface area contributed by atoms with Crippen LogP contribution in [0.2, 0.25) is 17.3 Å². The van der Waals surface area contributed by atoms with Gasteiger partial charge in [-0.3, -0.25) is 4.98 Å². The number of para-hydroxylation sites is 2. The van der Waals surface area contributed by atoms with Crippen molar-refractivity contribution < 1.29 is 28.6 Å². The molecule has 3 aromatic heterocycles. The molecular weight excluding hydrogens is 971 g/mol. The molecule has 11 aromatic rings. The Balaban J connectivity index is 0.000000251. The minimum absolute atomic E-state index is 0. The minimum Gasteiger partial charge on any atom is 0 e. The maximum Gasteiger partial charge on any atom is 0 e. The molecule has 11 rings (SSSR count). The summed E-state index contributed by atoms with van der Waals surface area (Å²) in [6.07, 6.45) is 2.04. The largest absolute Gasteiger partial charge is 0 e. The van der Waals surface area contributed by atoms with Gasteiger partial charge in [-0.05, 0) is 70.0 Å². The molecule has 293 valence electrons. The Kier molecular flexibility index (Phi) is 9.64. The van der Waals surface area contributed by atoms with Crippen LogP contribution in [0.4, 0.5) is 0 Å². The van der Waals surface area contributed by atoms with Gasteiger partial charge < -0.3 is 8.98 Å². The van der Waals surface area contributed by atoms with E-state index in [0.29, 0.717) is 11.1 Å². The Morgan fingerprint density at radius 2 is 1.43 bits per heavy atom. The van der Waals surface area contributed by atoms with E-state index in [9.17, 15) is 0 Å². The average Bonchev–Trinajstić information content (AvgIpc) is 3.87. The molecule has 0 unspecified atom stereocenters. The summed E-state index contributed by atoms with van der Waals surface area (Å²) in [6, 6.07) is 63.4. The van der Waals surface area contributed by atoms with Gasteiger partial charge in [-0.25, -0.2) is 0 Å². The summed E-state index contributed by atoms with van der Waals surface area (Å²) in [6.45, 7) is -2.20. The number of fused-ring (bicyclic) bond motifs is 6. The predicted molar refractivity (Wildman–Crippen MR) is 249 cm³/mol. The van der Waals surface area contributed by atoms with Gasteiger partial charge in [0.2, 0.25) is 0 Å². The molecule has 0 spiro atoms. The topological polar surface area (TPSA) is 43.9 Å². The average molecular weight is 1020 g/mol. The van der Waals surface area contributed by atoms with Crippen LogP contribution in [0, 0.1) is 19.0 Å². The van der Waals surface area contributed by atoms with Crippen LogP contribution in [0.1, 0.15) is 9.68 Å². The molecule has 0 fully saturated rings. The molecule has 0 amide bonds. The Hall–Kier alpha value is -6.11. The first-order chi connectivity index (χ1) is 30.0. The minimum atomic E-state index is -2.20. The Morgan fingerprint density at radius 1 is 0.650 bits per heavy atom. The maximum absolute atomic E-state index is 8.05. The number of benzene rings is 8. The van der Waals surface area contributed by atoms with Crippen molar-refractivity contribution in [2.75, 3.05) is 0 Å². The van der Waals surface area contributed by atoms with E-state index < -0.39 is 20.1 Å². The van der Waals surface area contributed by atoms with Crippen LogP contribution in [0.25, 0.3) is 94.0 Å². The second-order valence-electron chi connectivity index (χ2n) is 15.8. The van der Waals surface area contributed by atoms with Gasteiger partial charge in [-0.1, -0.05) is 102 Å². The molecule has 0 atom stereocenters. The SMILES string of the molecule is [2H]C([2H])([2H])c1ccc(-c2ccc3oc4c(-c5nc6ccccc6n5-c5cccc6ccccc56)[c-]ccc4c3c2)c2ccccc12.[CH3][Ge]([CH3])([CH3])[c]1ccc(-c2[c-]cccc2)nc1.[Ir]. The fourth-order valence-corrected chi connectivity index (χ4v) is 10.2. The third-order valence-electron chi connectivity index (χ3n) is 11.1. The summed E-state index contributed by atoms with van der Waals surface area (Å²) in [5.74, 6) is 7.90. The quantitative estimate of drug-likeness (QED) is 0.127. The zero-order valence-corrected chi connectivity index (χ0v) is 37.8. The summed E-state index contributed by atoms with van der Waals surface area (Å²) in [5.41, 5.74) is 9.59. The van der Waals surface area contributed by atoms with Gasteiger partial charge in [0, 0.05) is 40.7 Å². The normalized spacial score (nSPS) is 12.5. The van der Waals surface area contributed by atoms with E-state index in [1.807, 2.05) is 103 Å². The Bertz CT molecular complexity index is 3440. The van der Waals surface area contributed by atoms with Crippen molar-refractivity contribution in [3.05, 3.63) is 194 Å². The fourth-order valence-electron chi connectivity index (χ4n) is 8.02. The standard InChI is InChI=1S/C40H25N2O.C14H16GeN.Ir/c1-25-20-22-29(31-14-5-4-12-28(25)31)27-21-23-38-34(24-27)32-15-9-16-33(39(32)43-38)40-41-35-17-6-7-18-37(35)42(40)36-19-8-11-26-10-2-3-13-30(26)36;1-15(2,3)13-9-10-14(16-11-13)12-7-5-4-6-8-12;/h2-15,17-24H,1H3;4-7,9-11H,1-3H3;/q2*-1;/i1D3;;. The molecule has 60 heavy (non-hydrogen) atoms. The van der Waals surface area contributed by atoms with Crippen LogP contribution in [0.5, 0.6) is 0 Å². The molecule has 0 bridgehead atoms. The zero-order chi connectivity index (χ0) is 42.6. The van der Waals surface area contributed by atoms with Gasteiger partial charge in [0.15, 0.2) is 0 Å². The summed E-state index contributed by atoms with van der Waals surface area (Å²) in [7, 11) is 0. The third kappa shape index (κ3) is 7.17. The van der Waals surface area contributed by atoms with E-state index >= 15 is 0 Å². The Labute approximate surface area is 370 Å². The van der Waals surface area contributed by atoms with E-state index in [-0.39, 0.29) is 20.1 Å². The molecule has 1 radical (unpaired) electrons. The number of hydrogen-bond acceptors (Lipinski definition) is 3. The van der Waals surface area contributed by atoms with Gasteiger partial charge in [-0.15, -0.1) is 18.2 Å². The molecule has 0 saturated carbocycles. The second-order valence-corrected chi connectivity index (χ2v) is 26.5. The number of pyridine rings is 1. The molecule has 6 heteroatoms. The monoisotopic (exact) mass is 1020 g/mol. The molecule has 3 heterocycles. The van der Waals surface area contributed by atoms with Crippen LogP contribution in [-0.2, 0) is 20.1 Å².